The molecule has 2 heterocycles. The first-order valence-electron chi connectivity index (χ1n) is 4.84. The molecule has 1 aliphatic rings. The third kappa shape index (κ3) is 3.93. The minimum absolute atomic E-state index is 0.0534. The van der Waals surface area contributed by atoms with Crippen molar-refractivity contribution in [2.45, 2.75) is 16.9 Å². The van der Waals surface area contributed by atoms with E-state index in [2.05, 4.69) is 10.2 Å². The number of rotatable bonds is 4. The van der Waals surface area contributed by atoms with Crippen LogP contribution in [0.25, 0.3) is 0 Å². The molecule has 6 nitrogen and oxygen atoms in total. The molecule has 1 fully saturated rings. The van der Waals surface area contributed by atoms with Gasteiger partial charge in [0.1, 0.15) is 11.6 Å². The minimum Gasteiger partial charge on any atom is -0.461 e. The molecule has 9 heteroatoms. The molecule has 0 aliphatic carbocycles. The van der Waals surface area contributed by atoms with Crippen LogP contribution in [0.15, 0.2) is 9.85 Å². The Morgan fingerprint density at radius 1 is 1.65 bits per heavy atom. The molecule has 0 N–H and O–H groups in total. The van der Waals surface area contributed by atoms with Gasteiger partial charge < -0.3 is 4.74 Å². The first-order valence-corrected chi connectivity index (χ1v) is 8.53. The van der Waals surface area contributed by atoms with Gasteiger partial charge >= 0.3 is 5.97 Å². The van der Waals surface area contributed by atoms with Crippen LogP contribution in [-0.2, 0) is 19.4 Å². The van der Waals surface area contributed by atoms with Crippen molar-refractivity contribution in [1.29, 1.82) is 0 Å². The van der Waals surface area contributed by atoms with Gasteiger partial charge in [-0.25, -0.2) is 8.42 Å². The molecule has 1 atom stereocenters. The van der Waals surface area contributed by atoms with Crippen LogP contribution in [0, 0.1) is 0 Å². The Kier molecular flexibility index (Phi) is 4.00. The average molecular weight is 294 g/mol. The molecule has 0 spiro atoms. The summed E-state index contributed by atoms with van der Waals surface area (Å²) in [6, 6.07) is 0. The van der Waals surface area contributed by atoms with E-state index in [1.165, 1.54) is 23.1 Å². The lowest BCUT2D eigenvalue weighted by Crippen LogP contribution is -2.20. The van der Waals surface area contributed by atoms with Crippen molar-refractivity contribution in [3.63, 3.8) is 0 Å². The van der Waals surface area contributed by atoms with E-state index in [1.807, 2.05) is 0 Å². The Labute approximate surface area is 107 Å². The highest BCUT2D eigenvalue weighted by Gasteiger charge is 2.30. The Bertz CT molecular complexity index is 485. The van der Waals surface area contributed by atoms with Crippen LogP contribution in [0.1, 0.15) is 6.42 Å². The third-order valence-corrected chi connectivity index (χ3v) is 5.71. The number of hydrogen-bond acceptors (Lipinski definition) is 8. The Hall–Kier alpha value is -0.670. The maximum absolute atomic E-state index is 11.4. The molecule has 0 bridgehead atoms. The van der Waals surface area contributed by atoms with E-state index >= 15 is 0 Å². The molecule has 0 saturated carbocycles. The standard InChI is InChI=1S/C8H10N2O4S3/c11-7(3-15-8-10-9-5-16-8)14-6-1-2-17(12,13)4-6/h5-6H,1-4H2/t6-/m0/s1. The number of esters is 1. The monoisotopic (exact) mass is 294 g/mol. The SMILES string of the molecule is O=C(CSc1nncs1)O[C@H]1CCS(=O)(=O)C1. The number of ether oxygens (including phenoxy) is 1. The van der Waals surface area contributed by atoms with Crippen molar-refractivity contribution in [3.8, 4) is 0 Å². The molecule has 0 amide bonds. The van der Waals surface area contributed by atoms with Gasteiger partial charge in [-0.15, -0.1) is 10.2 Å². The van der Waals surface area contributed by atoms with Crippen LogP contribution in [0.3, 0.4) is 0 Å². The van der Waals surface area contributed by atoms with Crippen LogP contribution in [-0.4, -0.2) is 47.9 Å². The zero-order valence-electron chi connectivity index (χ0n) is 8.74. The fourth-order valence-electron chi connectivity index (χ4n) is 1.42. The quantitative estimate of drug-likeness (QED) is 0.585. The van der Waals surface area contributed by atoms with Crippen LogP contribution < -0.4 is 0 Å². The zero-order valence-corrected chi connectivity index (χ0v) is 11.2. The first-order chi connectivity index (χ1) is 8.05. The maximum Gasteiger partial charge on any atom is 0.316 e. The highest BCUT2D eigenvalue weighted by Crippen LogP contribution is 2.20. The lowest BCUT2D eigenvalue weighted by Gasteiger charge is -2.08. The molecule has 1 saturated heterocycles. The van der Waals surface area contributed by atoms with Crippen molar-refractivity contribution < 1.29 is 17.9 Å². The minimum atomic E-state index is -3.00. The van der Waals surface area contributed by atoms with Gasteiger partial charge in [-0.1, -0.05) is 23.1 Å². The van der Waals surface area contributed by atoms with E-state index in [4.69, 9.17) is 4.74 Å². The zero-order chi connectivity index (χ0) is 12.3. The van der Waals surface area contributed by atoms with Gasteiger partial charge in [-0.3, -0.25) is 4.79 Å². The normalized spacial score (nSPS) is 22.5. The predicted molar refractivity (Wildman–Crippen MR) is 63.8 cm³/mol. The fraction of sp³-hybridized carbons (Fsp3) is 0.625. The van der Waals surface area contributed by atoms with Gasteiger partial charge in [-0.2, -0.15) is 0 Å². The lowest BCUT2D eigenvalue weighted by molar-refractivity contribution is -0.144. The highest BCUT2D eigenvalue weighted by atomic mass is 32.2. The number of sulfone groups is 1. The van der Waals surface area contributed by atoms with Crippen LogP contribution in [0.2, 0.25) is 0 Å². The first kappa shape index (κ1) is 12.8. The van der Waals surface area contributed by atoms with E-state index in [0.717, 1.165) is 0 Å². The number of thioether (sulfide) groups is 1. The molecule has 1 aromatic heterocycles. The van der Waals surface area contributed by atoms with E-state index in [1.54, 1.807) is 5.51 Å². The average Bonchev–Trinajstić information content (AvgIpc) is 2.85. The molecular formula is C8H10N2O4S3. The number of nitrogens with zero attached hydrogens (tertiary/aromatic N) is 2. The molecule has 2 rings (SSSR count). The number of carbonyl (C=O) groups excluding carboxylic acids is 1. The summed E-state index contributed by atoms with van der Waals surface area (Å²) in [5.41, 5.74) is 1.58. The summed E-state index contributed by atoms with van der Waals surface area (Å²) in [4.78, 5) is 11.4. The molecule has 0 radical (unpaired) electrons. The van der Waals surface area contributed by atoms with Crippen molar-refractivity contribution in [2.75, 3.05) is 17.3 Å². The van der Waals surface area contributed by atoms with E-state index in [9.17, 15) is 13.2 Å². The number of hydrogen-bond donors (Lipinski definition) is 0. The second-order valence-electron chi connectivity index (χ2n) is 3.51. The van der Waals surface area contributed by atoms with E-state index < -0.39 is 21.9 Å². The van der Waals surface area contributed by atoms with Crippen LogP contribution in [0.5, 0.6) is 0 Å². The third-order valence-electron chi connectivity index (χ3n) is 2.14. The van der Waals surface area contributed by atoms with Gasteiger partial charge in [0.05, 0.1) is 17.3 Å². The smallest absolute Gasteiger partial charge is 0.316 e. The Morgan fingerprint density at radius 3 is 3.06 bits per heavy atom. The molecule has 0 aromatic carbocycles. The molecule has 1 aromatic rings. The van der Waals surface area contributed by atoms with Crippen molar-refractivity contribution in [2.24, 2.45) is 0 Å². The largest absolute Gasteiger partial charge is 0.461 e. The predicted octanol–water partition coefficient (Wildman–Crippen LogP) is 0.361. The van der Waals surface area contributed by atoms with E-state index in [0.29, 0.717) is 10.8 Å². The van der Waals surface area contributed by atoms with Crippen LogP contribution >= 0.6 is 23.1 Å². The molecule has 94 valence electrons. The summed E-state index contributed by atoms with van der Waals surface area (Å²) in [6.07, 6.45) is -0.0834. The molecule has 17 heavy (non-hydrogen) atoms. The Morgan fingerprint density at radius 2 is 2.47 bits per heavy atom. The second-order valence-corrected chi connectivity index (χ2v) is 7.79. The topological polar surface area (TPSA) is 86.2 Å². The fourth-order valence-corrected chi connectivity index (χ4v) is 4.28. The van der Waals surface area contributed by atoms with Gasteiger partial charge in [0.25, 0.3) is 0 Å². The summed E-state index contributed by atoms with van der Waals surface area (Å²) >= 11 is 2.58. The maximum atomic E-state index is 11.4. The van der Waals surface area contributed by atoms with Crippen molar-refractivity contribution in [3.05, 3.63) is 5.51 Å². The molecular weight excluding hydrogens is 284 g/mol. The summed E-state index contributed by atoms with van der Waals surface area (Å²) < 4.78 is 28.1. The molecule has 0 unspecified atom stereocenters. The van der Waals surface area contributed by atoms with E-state index in [-0.39, 0.29) is 17.3 Å². The van der Waals surface area contributed by atoms with Crippen LogP contribution in [0.4, 0.5) is 0 Å². The summed E-state index contributed by atoms with van der Waals surface area (Å²) in [5, 5.41) is 7.41. The highest BCUT2D eigenvalue weighted by molar-refractivity contribution is 8.01. The van der Waals surface area contributed by atoms with Gasteiger partial charge in [-0.05, 0) is 6.42 Å². The number of aromatic nitrogens is 2. The summed E-state index contributed by atoms with van der Waals surface area (Å²) in [6.45, 7) is 0. The van der Waals surface area contributed by atoms with Gasteiger partial charge in [0.15, 0.2) is 14.2 Å². The second kappa shape index (κ2) is 5.32. The summed E-state index contributed by atoms with van der Waals surface area (Å²) in [7, 11) is -3.00. The van der Waals surface area contributed by atoms with Gasteiger partial charge in [0.2, 0.25) is 0 Å². The lowest BCUT2D eigenvalue weighted by atomic mass is 10.3. The summed E-state index contributed by atoms with van der Waals surface area (Å²) in [5.74, 6) is -0.227. The molecule has 1 aliphatic heterocycles. The van der Waals surface area contributed by atoms with Crippen molar-refractivity contribution >= 4 is 38.9 Å². The number of carbonyl (C=O) groups is 1. The Balaban J connectivity index is 1.75. The van der Waals surface area contributed by atoms with Gasteiger partial charge in [0, 0.05) is 0 Å². The van der Waals surface area contributed by atoms with Crippen molar-refractivity contribution in [1.82, 2.24) is 10.2 Å².